The molecule has 2 heterocycles. The average Bonchev–Trinajstić information content (AvgIpc) is 3.08. The van der Waals surface area contributed by atoms with Crippen molar-refractivity contribution in [2.45, 2.75) is 97.8 Å². The maximum absolute atomic E-state index is 13.6. The second kappa shape index (κ2) is 17.8. The molecule has 0 radical (unpaired) electrons. The predicted octanol–water partition coefficient (Wildman–Crippen LogP) is 7.86. The molecule has 278 valence electrons. The molecule has 1 unspecified atom stereocenters. The van der Waals surface area contributed by atoms with Gasteiger partial charge in [0.25, 0.3) is 5.91 Å². The van der Waals surface area contributed by atoms with Gasteiger partial charge in [0.15, 0.2) is 0 Å². The number of anilines is 1. The number of hydrogen-bond donors (Lipinski definition) is 2. The predicted molar refractivity (Wildman–Crippen MR) is 207 cm³/mol. The molecule has 2 aliphatic rings. The van der Waals surface area contributed by atoms with Crippen molar-refractivity contribution >= 4 is 34.4 Å². The van der Waals surface area contributed by atoms with Gasteiger partial charge in [-0.15, -0.1) is 0 Å². The van der Waals surface area contributed by atoms with Gasteiger partial charge in [0.2, 0.25) is 0 Å². The number of nitrogens with zero attached hydrogens (tertiary/aromatic N) is 2. The molecule has 0 spiro atoms. The minimum Gasteiger partial charge on any atom is -0.466 e. The van der Waals surface area contributed by atoms with Crippen molar-refractivity contribution in [3.8, 4) is 11.8 Å². The highest BCUT2D eigenvalue weighted by atomic mass is 16.6. The van der Waals surface area contributed by atoms with Crippen LogP contribution in [0.2, 0.25) is 0 Å². The number of unbranched alkanes of at least 4 members (excludes halogenated alkanes) is 2. The number of amides is 2. The summed E-state index contributed by atoms with van der Waals surface area (Å²) in [6.07, 6.45) is 5.39. The van der Waals surface area contributed by atoms with Gasteiger partial charge in [-0.2, -0.15) is 0 Å². The molecule has 1 atom stereocenters. The number of likely N-dealkylation sites (tertiary alicyclic amines) is 2. The fourth-order valence-corrected chi connectivity index (χ4v) is 6.89. The van der Waals surface area contributed by atoms with E-state index in [1.807, 2.05) is 71.9 Å². The third-order valence-electron chi connectivity index (χ3n) is 9.82. The summed E-state index contributed by atoms with van der Waals surface area (Å²) in [4.78, 5) is 41.7. The number of rotatable bonds is 12. The van der Waals surface area contributed by atoms with Crippen LogP contribution in [0.25, 0.3) is 10.8 Å². The van der Waals surface area contributed by atoms with Crippen molar-refractivity contribution in [3.63, 3.8) is 0 Å². The Morgan fingerprint density at radius 2 is 1.69 bits per heavy atom. The molecule has 3 aromatic carbocycles. The number of benzene rings is 3. The van der Waals surface area contributed by atoms with Crippen LogP contribution in [-0.2, 0) is 14.3 Å². The van der Waals surface area contributed by atoms with Crippen LogP contribution in [0, 0.1) is 24.7 Å². The number of piperidine rings is 1. The lowest BCUT2D eigenvalue weighted by atomic mass is 9.94. The first kappa shape index (κ1) is 38.7. The number of nitrogens with one attached hydrogen (secondary N) is 2. The monoisotopic (exact) mass is 708 g/mol. The largest absolute Gasteiger partial charge is 0.466 e. The van der Waals surface area contributed by atoms with E-state index in [1.54, 1.807) is 4.90 Å². The Balaban J connectivity index is 1.15. The smallest absolute Gasteiger partial charge is 0.410 e. The van der Waals surface area contributed by atoms with Crippen LogP contribution in [0.4, 0.5) is 10.5 Å². The molecule has 0 aliphatic carbocycles. The highest BCUT2D eigenvalue weighted by Gasteiger charge is 2.33. The highest BCUT2D eigenvalue weighted by molar-refractivity contribution is 5.97. The van der Waals surface area contributed by atoms with Gasteiger partial charge < -0.3 is 29.9 Å². The van der Waals surface area contributed by atoms with Crippen LogP contribution in [-0.4, -0.2) is 78.7 Å². The molecule has 0 aromatic heterocycles. The minimum absolute atomic E-state index is 0.0899. The van der Waals surface area contributed by atoms with Crippen LogP contribution < -0.4 is 10.6 Å². The number of carbonyl (C=O) groups excluding carboxylic acids is 3. The molecule has 9 heteroatoms. The van der Waals surface area contributed by atoms with Crippen molar-refractivity contribution in [1.29, 1.82) is 0 Å². The lowest BCUT2D eigenvalue weighted by Gasteiger charge is -2.40. The van der Waals surface area contributed by atoms with E-state index in [0.29, 0.717) is 37.6 Å². The zero-order chi connectivity index (χ0) is 37.3. The fraction of sp³-hybridized carbons (Fsp3) is 0.512. The van der Waals surface area contributed by atoms with Crippen molar-refractivity contribution < 1.29 is 23.9 Å². The molecule has 5 rings (SSSR count). The summed E-state index contributed by atoms with van der Waals surface area (Å²) in [7, 11) is 0. The maximum Gasteiger partial charge on any atom is 0.410 e. The number of hydrogen-bond acceptors (Lipinski definition) is 7. The van der Waals surface area contributed by atoms with Crippen LogP contribution in [0.15, 0.2) is 54.6 Å². The molecule has 0 saturated carbocycles. The number of fused-ring (bicyclic) bond motifs is 1. The van der Waals surface area contributed by atoms with E-state index in [9.17, 15) is 14.4 Å². The molecule has 2 saturated heterocycles. The Bertz CT molecular complexity index is 1770. The maximum atomic E-state index is 13.6. The number of aryl methyl sites for hydroxylation is 1. The van der Waals surface area contributed by atoms with Gasteiger partial charge >= 0.3 is 12.1 Å². The Hall–Kier alpha value is -4.55. The molecule has 2 N–H and O–H groups in total. The molecular formula is C43H56N4O5. The van der Waals surface area contributed by atoms with Gasteiger partial charge in [-0.3, -0.25) is 9.59 Å². The number of esters is 1. The van der Waals surface area contributed by atoms with Gasteiger partial charge in [-0.1, -0.05) is 54.7 Å². The normalized spacial score (nSPS) is 16.0. The summed E-state index contributed by atoms with van der Waals surface area (Å²) < 4.78 is 10.5. The third kappa shape index (κ3) is 10.7. The molecule has 52 heavy (non-hydrogen) atoms. The molecule has 3 aromatic rings. The molecule has 0 bridgehead atoms. The van der Waals surface area contributed by atoms with Gasteiger partial charge in [-0.05, 0) is 127 Å². The van der Waals surface area contributed by atoms with E-state index in [1.165, 1.54) is 0 Å². The van der Waals surface area contributed by atoms with Crippen LogP contribution in [0.3, 0.4) is 0 Å². The Kier molecular flexibility index (Phi) is 13.2. The Morgan fingerprint density at radius 3 is 2.40 bits per heavy atom. The lowest BCUT2D eigenvalue weighted by molar-refractivity contribution is -0.143. The van der Waals surface area contributed by atoms with E-state index < -0.39 is 5.60 Å². The summed E-state index contributed by atoms with van der Waals surface area (Å²) >= 11 is 0. The molecule has 2 amide bonds. The van der Waals surface area contributed by atoms with Crippen molar-refractivity contribution in [2.75, 3.05) is 44.6 Å². The summed E-state index contributed by atoms with van der Waals surface area (Å²) in [6.45, 7) is 16.1. The summed E-state index contributed by atoms with van der Waals surface area (Å²) in [5.74, 6) is 7.24. The van der Waals surface area contributed by atoms with E-state index in [-0.39, 0.29) is 30.1 Å². The topological polar surface area (TPSA) is 100 Å². The van der Waals surface area contributed by atoms with E-state index in [2.05, 4.69) is 51.6 Å². The summed E-state index contributed by atoms with van der Waals surface area (Å²) in [6, 6.07) is 18.2. The van der Waals surface area contributed by atoms with Gasteiger partial charge in [0.1, 0.15) is 5.60 Å². The van der Waals surface area contributed by atoms with E-state index in [4.69, 9.17) is 9.47 Å². The van der Waals surface area contributed by atoms with Crippen molar-refractivity contribution in [2.24, 2.45) is 5.92 Å². The first-order valence-corrected chi connectivity index (χ1v) is 19.0. The highest BCUT2D eigenvalue weighted by Crippen LogP contribution is 2.28. The first-order chi connectivity index (χ1) is 24.9. The van der Waals surface area contributed by atoms with Crippen molar-refractivity contribution in [1.82, 2.24) is 15.1 Å². The Labute approximate surface area is 309 Å². The van der Waals surface area contributed by atoms with Crippen LogP contribution in [0.1, 0.15) is 106 Å². The van der Waals surface area contributed by atoms with Crippen LogP contribution >= 0.6 is 0 Å². The summed E-state index contributed by atoms with van der Waals surface area (Å²) in [5, 5.41) is 8.89. The minimum atomic E-state index is -0.524. The zero-order valence-corrected chi connectivity index (χ0v) is 31.8. The van der Waals surface area contributed by atoms with E-state index in [0.717, 1.165) is 84.9 Å². The van der Waals surface area contributed by atoms with E-state index >= 15 is 0 Å². The average molecular weight is 709 g/mol. The van der Waals surface area contributed by atoms with Gasteiger partial charge in [-0.25, -0.2) is 4.79 Å². The quantitative estimate of drug-likeness (QED) is 0.112. The number of ether oxygens (including phenoxy) is 2. The standard InChI is InChI=1S/C43H56N4O5/c1-7-51-40(48)15-9-8-12-24-46-25-22-32(23-26-46)17-18-33-19-21-36(38-14-11-10-13-37(33)38)31(3)44-41(49)39-27-34(20-16-30(39)2)45-35-28-47(29-35)42(50)52-43(4,5)6/h10-11,13-14,16,19-21,27,31-32,35,45H,7-9,12,15,22-26,28-29H2,1-6H3,(H,44,49). The van der Waals surface area contributed by atoms with Crippen molar-refractivity contribution in [3.05, 3.63) is 76.9 Å². The zero-order valence-electron chi connectivity index (χ0n) is 31.8. The SMILES string of the molecule is CCOC(=O)CCCCCN1CCC(C#Cc2ccc(C(C)NC(=O)c3cc(NC4CN(C(=O)OC(C)(C)C)C4)ccc3C)c3ccccc23)CC1. The van der Waals surface area contributed by atoms with Gasteiger partial charge in [0, 0.05) is 42.2 Å². The molecule has 2 fully saturated rings. The second-order valence-corrected chi connectivity index (χ2v) is 15.2. The Morgan fingerprint density at radius 1 is 0.962 bits per heavy atom. The number of carbonyl (C=O) groups is 3. The fourth-order valence-electron chi connectivity index (χ4n) is 6.89. The third-order valence-corrected chi connectivity index (χ3v) is 9.82. The second-order valence-electron chi connectivity index (χ2n) is 15.2. The lowest BCUT2D eigenvalue weighted by Crippen LogP contribution is -2.57. The van der Waals surface area contributed by atoms with Gasteiger partial charge in [0.05, 0.1) is 18.7 Å². The first-order valence-electron chi connectivity index (χ1n) is 19.0. The summed E-state index contributed by atoms with van der Waals surface area (Å²) in [5.41, 5.74) is 3.90. The molecule has 9 nitrogen and oxygen atoms in total. The molecule has 2 aliphatic heterocycles. The molecular weight excluding hydrogens is 652 g/mol. The van der Waals surface area contributed by atoms with Crippen LogP contribution in [0.5, 0.6) is 0 Å².